The number of halogens is 1. The summed E-state index contributed by atoms with van der Waals surface area (Å²) in [5, 5.41) is 3.26. The second kappa shape index (κ2) is 9.82. The largest absolute Gasteiger partial charge is 0.449 e. The van der Waals surface area contributed by atoms with E-state index in [1.54, 1.807) is 29.2 Å². The van der Waals surface area contributed by atoms with Gasteiger partial charge in [0, 0.05) is 36.9 Å². The maximum absolute atomic E-state index is 14.6. The van der Waals surface area contributed by atoms with Gasteiger partial charge in [0.2, 0.25) is 5.95 Å². The standard InChI is InChI=1S/C24H30FN5O4/c1-24(2,3)34-22(31)29-11-8-17(9-12-29)27-21-26-15-19(25)20(28-21)16-6-4-7-18(14-16)30-10-5-13-33-23(30)32/h4,6-7,14-15,17H,5,8-13H2,1-3H3,(H,26,27,28). The van der Waals surface area contributed by atoms with Crippen molar-refractivity contribution in [1.82, 2.24) is 14.9 Å². The van der Waals surface area contributed by atoms with E-state index in [1.807, 2.05) is 20.8 Å². The predicted molar refractivity (Wildman–Crippen MR) is 125 cm³/mol. The van der Waals surface area contributed by atoms with Crippen molar-refractivity contribution in [2.24, 2.45) is 0 Å². The lowest BCUT2D eigenvalue weighted by molar-refractivity contribution is 0.0210. The summed E-state index contributed by atoms with van der Waals surface area (Å²) in [5.41, 5.74) is 0.787. The highest BCUT2D eigenvalue weighted by atomic mass is 19.1. The van der Waals surface area contributed by atoms with Gasteiger partial charge in [0.1, 0.15) is 11.3 Å². The first-order chi connectivity index (χ1) is 16.2. The van der Waals surface area contributed by atoms with Gasteiger partial charge in [0.15, 0.2) is 5.82 Å². The Hall–Kier alpha value is -3.43. The first kappa shape index (κ1) is 23.7. The van der Waals surface area contributed by atoms with E-state index in [2.05, 4.69) is 15.3 Å². The Morgan fingerprint density at radius 1 is 1.24 bits per heavy atom. The Labute approximate surface area is 198 Å². The Morgan fingerprint density at radius 3 is 2.71 bits per heavy atom. The third kappa shape index (κ3) is 5.73. The highest BCUT2D eigenvalue weighted by Gasteiger charge is 2.27. The molecule has 1 N–H and O–H groups in total. The number of rotatable bonds is 4. The van der Waals surface area contributed by atoms with E-state index in [-0.39, 0.29) is 17.8 Å². The van der Waals surface area contributed by atoms with E-state index >= 15 is 0 Å². The molecular weight excluding hydrogens is 441 g/mol. The van der Waals surface area contributed by atoms with E-state index in [4.69, 9.17) is 9.47 Å². The number of hydrogen-bond donors (Lipinski definition) is 1. The summed E-state index contributed by atoms with van der Waals surface area (Å²) in [6, 6.07) is 7.06. The van der Waals surface area contributed by atoms with Crippen LogP contribution in [0.1, 0.15) is 40.0 Å². The molecule has 2 saturated heterocycles. The first-order valence-corrected chi connectivity index (χ1v) is 11.5. The molecule has 2 aromatic rings. The summed E-state index contributed by atoms with van der Waals surface area (Å²) < 4.78 is 25.2. The number of nitrogens with one attached hydrogen (secondary N) is 1. The Bertz CT molecular complexity index is 1050. The van der Waals surface area contributed by atoms with Gasteiger partial charge in [-0.2, -0.15) is 0 Å². The van der Waals surface area contributed by atoms with Crippen LogP contribution in [0.25, 0.3) is 11.3 Å². The summed E-state index contributed by atoms with van der Waals surface area (Å²) in [4.78, 5) is 36.1. The normalized spacial score (nSPS) is 17.4. The molecule has 1 aromatic heterocycles. The number of carbonyl (C=O) groups is 2. The number of piperidine rings is 1. The second-order valence-electron chi connectivity index (χ2n) is 9.45. The van der Waals surface area contributed by atoms with Gasteiger partial charge in [-0.15, -0.1) is 0 Å². The fraction of sp³-hybridized carbons (Fsp3) is 0.500. The predicted octanol–water partition coefficient (Wildman–Crippen LogP) is 4.44. The van der Waals surface area contributed by atoms with Crippen molar-refractivity contribution < 1.29 is 23.5 Å². The van der Waals surface area contributed by atoms with Crippen molar-refractivity contribution in [3.63, 3.8) is 0 Å². The topological polar surface area (TPSA) is 96.9 Å². The van der Waals surface area contributed by atoms with Crippen LogP contribution in [0.15, 0.2) is 30.5 Å². The van der Waals surface area contributed by atoms with Gasteiger partial charge < -0.3 is 19.7 Å². The molecule has 0 unspecified atom stereocenters. The number of anilines is 2. The third-order valence-electron chi connectivity index (χ3n) is 5.63. The highest BCUT2D eigenvalue weighted by Crippen LogP contribution is 2.28. The van der Waals surface area contributed by atoms with Crippen LogP contribution in [-0.2, 0) is 9.47 Å². The third-order valence-corrected chi connectivity index (χ3v) is 5.63. The fourth-order valence-electron chi connectivity index (χ4n) is 3.96. The van der Waals surface area contributed by atoms with Gasteiger partial charge in [0.25, 0.3) is 0 Å². The summed E-state index contributed by atoms with van der Waals surface area (Å²) in [6.07, 6.45) is 2.54. The summed E-state index contributed by atoms with van der Waals surface area (Å²) in [5.74, 6) is -0.237. The molecule has 2 fully saturated rings. The number of likely N-dealkylation sites (tertiary alicyclic amines) is 1. The van der Waals surface area contributed by atoms with Gasteiger partial charge in [-0.3, -0.25) is 4.90 Å². The molecule has 9 nitrogen and oxygen atoms in total. The van der Waals surface area contributed by atoms with Crippen LogP contribution in [0.2, 0.25) is 0 Å². The van der Waals surface area contributed by atoms with Crippen LogP contribution >= 0.6 is 0 Å². The molecule has 4 rings (SSSR count). The quantitative estimate of drug-likeness (QED) is 0.704. The van der Waals surface area contributed by atoms with Crippen molar-refractivity contribution in [3.05, 3.63) is 36.3 Å². The second-order valence-corrected chi connectivity index (χ2v) is 9.45. The average molecular weight is 472 g/mol. The molecule has 2 amide bonds. The molecule has 10 heteroatoms. The minimum absolute atomic E-state index is 0.0476. The summed E-state index contributed by atoms with van der Waals surface area (Å²) in [6.45, 7) is 7.58. The van der Waals surface area contributed by atoms with Gasteiger partial charge in [-0.25, -0.2) is 23.9 Å². The smallest absolute Gasteiger partial charge is 0.414 e. The Morgan fingerprint density at radius 2 is 2.00 bits per heavy atom. The van der Waals surface area contributed by atoms with Crippen LogP contribution in [0.3, 0.4) is 0 Å². The number of benzene rings is 1. The lowest BCUT2D eigenvalue weighted by atomic mass is 10.1. The molecule has 3 heterocycles. The Balaban J connectivity index is 1.43. The van der Waals surface area contributed by atoms with Crippen molar-refractivity contribution in [3.8, 4) is 11.3 Å². The SMILES string of the molecule is CC(C)(C)OC(=O)N1CCC(Nc2ncc(F)c(-c3cccc(N4CCCOC4=O)c3)n2)CC1. The van der Waals surface area contributed by atoms with Crippen LogP contribution in [0.5, 0.6) is 0 Å². The van der Waals surface area contributed by atoms with Gasteiger partial charge in [-0.05, 0) is 52.2 Å². The molecule has 34 heavy (non-hydrogen) atoms. The van der Waals surface area contributed by atoms with E-state index < -0.39 is 17.5 Å². The molecule has 0 aliphatic carbocycles. The maximum Gasteiger partial charge on any atom is 0.414 e. The van der Waals surface area contributed by atoms with Gasteiger partial charge in [0.05, 0.1) is 12.8 Å². The molecule has 0 radical (unpaired) electrons. The zero-order valence-corrected chi connectivity index (χ0v) is 19.7. The number of amides is 2. The van der Waals surface area contributed by atoms with Gasteiger partial charge in [-0.1, -0.05) is 12.1 Å². The van der Waals surface area contributed by atoms with Crippen LogP contribution in [0, 0.1) is 5.82 Å². The Kier molecular flexibility index (Phi) is 6.85. The molecule has 0 spiro atoms. The number of carbonyl (C=O) groups excluding carboxylic acids is 2. The molecule has 0 saturated carbocycles. The van der Waals surface area contributed by atoms with Crippen molar-refractivity contribution in [2.45, 2.75) is 51.7 Å². The molecule has 1 aromatic carbocycles. The van der Waals surface area contributed by atoms with E-state index in [0.717, 1.165) is 12.6 Å². The average Bonchev–Trinajstić information content (AvgIpc) is 2.80. The lowest BCUT2D eigenvalue weighted by Crippen LogP contribution is -2.44. The molecule has 0 bridgehead atoms. The molecule has 2 aliphatic heterocycles. The van der Waals surface area contributed by atoms with Crippen molar-refractivity contribution in [1.29, 1.82) is 0 Å². The molecule has 182 valence electrons. The van der Waals surface area contributed by atoms with E-state index in [0.29, 0.717) is 56.3 Å². The first-order valence-electron chi connectivity index (χ1n) is 11.5. The minimum atomic E-state index is -0.552. The van der Waals surface area contributed by atoms with Crippen molar-refractivity contribution >= 4 is 23.8 Å². The molecular formula is C24H30FN5O4. The van der Waals surface area contributed by atoms with E-state index in [1.165, 1.54) is 4.90 Å². The van der Waals surface area contributed by atoms with Crippen molar-refractivity contribution in [2.75, 3.05) is 36.5 Å². The minimum Gasteiger partial charge on any atom is -0.449 e. The number of ether oxygens (including phenoxy) is 2. The number of nitrogens with zero attached hydrogens (tertiary/aromatic N) is 4. The summed E-state index contributed by atoms with van der Waals surface area (Å²) in [7, 11) is 0. The highest BCUT2D eigenvalue weighted by molar-refractivity contribution is 5.89. The zero-order valence-electron chi connectivity index (χ0n) is 19.7. The monoisotopic (exact) mass is 471 g/mol. The van der Waals surface area contributed by atoms with Crippen LogP contribution in [-0.4, -0.2) is 64.9 Å². The van der Waals surface area contributed by atoms with Gasteiger partial charge >= 0.3 is 12.2 Å². The maximum atomic E-state index is 14.6. The fourth-order valence-corrected chi connectivity index (χ4v) is 3.96. The summed E-state index contributed by atoms with van der Waals surface area (Å²) >= 11 is 0. The lowest BCUT2D eigenvalue weighted by Gasteiger charge is -2.33. The number of aromatic nitrogens is 2. The van der Waals surface area contributed by atoms with Crippen LogP contribution in [0.4, 0.5) is 25.6 Å². The number of cyclic esters (lactones) is 1. The zero-order chi connectivity index (χ0) is 24.3. The van der Waals surface area contributed by atoms with Crippen LogP contribution < -0.4 is 10.2 Å². The molecule has 2 aliphatic rings. The molecule has 0 atom stereocenters. The van der Waals surface area contributed by atoms with E-state index in [9.17, 15) is 14.0 Å². The number of hydrogen-bond acceptors (Lipinski definition) is 7.